The van der Waals surface area contributed by atoms with Crippen molar-refractivity contribution in [2.45, 2.75) is 0 Å². The summed E-state index contributed by atoms with van der Waals surface area (Å²) in [4.78, 5) is 2.49. The molecule has 0 spiro atoms. The average Bonchev–Trinajstić information content (AvgIpc) is 3.56. The molecule has 1 aromatic heterocycles. The second-order valence-corrected chi connectivity index (χ2v) is 13.3. The molecule has 244 valence electrons. The Hall–Kier alpha value is -6.90. The number of aromatic nitrogens is 1. The molecule has 1 heterocycles. The first-order valence-corrected chi connectivity index (χ1v) is 17.9. The number of benzene rings is 9. The fraction of sp³-hybridized carbons (Fsp3) is 0. The predicted molar refractivity (Wildman–Crippen MR) is 221 cm³/mol. The van der Waals surface area contributed by atoms with Crippen LogP contribution in [0.25, 0.3) is 71.3 Å². The van der Waals surface area contributed by atoms with Crippen molar-refractivity contribution < 1.29 is 0 Å². The van der Waals surface area contributed by atoms with Crippen LogP contribution in [0.4, 0.5) is 17.1 Å². The number of para-hydroxylation sites is 5. The third-order valence-electron chi connectivity index (χ3n) is 10.4. The van der Waals surface area contributed by atoms with Gasteiger partial charge in [0.05, 0.1) is 28.1 Å². The van der Waals surface area contributed by atoms with Crippen molar-refractivity contribution in [3.8, 4) is 27.9 Å². The van der Waals surface area contributed by atoms with E-state index in [-0.39, 0.29) is 0 Å². The maximum absolute atomic E-state index is 2.49. The summed E-state index contributed by atoms with van der Waals surface area (Å²) >= 11 is 0. The van der Waals surface area contributed by atoms with Crippen molar-refractivity contribution in [2.24, 2.45) is 0 Å². The molecule has 0 saturated heterocycles. The van der Waals surface area contributed by atoms with Gasteiger partial charge >= 0.3 is 0 Å². The molecule has 2 heteroatoms. The summed E-state index contributed by atoms with van der Waals surface area (Å²) in [5, 5.41) is 7.38. The minimum Gasteiger partial charge on any atom is -0.307 e. The first kappa shape index (κ1) is 30.0. The van der Waals surface area contributed by atoms with E-state index in [1.807, 2.05) is 0 Å². The Morgan fingerprint density at radius 3 is 1.40 bits per heavy atom. The van der Waals surface area contributed by atoms with Crippen LogP contribution in [0.1, 0.15) is 0 Å². The van der Waals surface area contributed by atoms with Gasteiger partial charge in [-0.2, -0.15) is 0 Å². The van der Waals surface area contributed by atoms with Crippen LogP contribution < -0.4 is 4.90 Å². The van der Waals surface area contributed by atoms with E-state index in [2.05, 4.69) is 216 Å². The van der Waals surface area contributed by atoms with E-state index in [1.165, 1.54) is 65.6 Å². The third kappa shape index (κ3) is 4.80. The van der Waals surface area contributed by atoms with Gasteiger partial charge in [0.15, 0.2) is 0 Å². The molecule has 0 aliphatic rings. The van der Waals surface area contributed by atoms with Crippen molar-refractivity contribution in [2.75, 3.05) is 4.90 Å². The van der Waals surface area contributed by atoms with Crippen LogP contribution in [0, 0.1) is 0 Å². The number of hydrogen-bond donors (Lipinski definition) is 0. The van der Waals surface area contributed by atoms with E-state index in [0.29, 0.717) is 0 Å². The molecule has 2 nitrogen and oxygen atoms in total. The smallest absolute Gasteiger partial charge is 0.0702 e. The van der Waals surface area contributed by atoms with Crippen molar-refractivity contribution in [3.05, 3.63) is 206 Å². The van der Waals surface area contributed by atoms with Crippen LogP contribution in [0.5, 0.6) is 0 Å². The lowest BCUT2D eigenvalue weighted by atomic mass is 9.89. The molecule has 52 heavy (non-hydrogen) atoms. The molecular weight excluding hydrogens is 629 g/mol. The molecule has 9 aromatic carbocycles. The maximum Gasteiger partial charge on any atom is 0.0702 e. The second kappa shape index (κ2) is 12.5. The Bertz CT molecular complexity index is 2830. The first-order valence-electron chi connectivity index (χ1n) is 17.9. The molecule has 0 unspecified atom stereocenters. The van der Waals surface area contributed by atoms with Gasteiger partial charge in [0.25, 0.3) is 0 Å². The average molecular weight is 663 g/mol. The summed E-state index contributed by atoms with van der Waals surface area (Å²) < 4.78 is 2.44. The number of hydrogen-bond acceptors (Lipinski definition) is 1. The third-order valence-corrected chi connectivity index (χ3v) is 10.4. The van der Waals surface area contributed by atoms with Crippen LogP contribution in [-0.2, 0) is 0 Å². The number of rotatable bonds is 6. The zero-order valence-corrected chi connectivity index (χ0v) is 28.5. The monoisotopic (exact) mass is 662 g/mol. The van der Waals surface area contributed by atoms with E-state index in [0.717, 1.165) is 22.7 Å². The highest BCUT2D eigenvalue weighted by Gasteiger charge is 2.26. The molecule has 0 amide bonds. The normalized spacial score (nSPS) is 11.5. The van der Waals surface area contributed by atoms with Gasteiger partial charge in [-0.3, -0.25) is 0 Å². The first-order chi connectivity index (χ1) is 25.8. The van der Waals surface area contributed by atoms with Crippen molar-refractivity contribution in [3.63, 3.8) is 0 Å². The van der Waals surface area contributed by atoms with Gasteiger partial charge in [-0.25, -0.2) is 0 Å². The molecular formula is C50H34N2. The van der Waals surface area contributed by atoms with E-state index >= 15 is 0 Å². The minimum atomic E-state index is 1.10. The quantitative estimate of drug-likeness (QED) is 0.161. The van der Waals surface area contributed by atoms with Gasteiger partial charge in [0, 0.05) is 27.4 Å². The predicted octanol–water partition coefficient (Wildman–Crippen LogP) is 13.9. The van der Waals surface area contributed by atoms with Crippen LogP contribution in [0.3, 0.4) is 0 Å². The Kier molecular flexibility index (Phi) is 7.18. The summed E-state index contributed by atoms with van der Waals surface area (Å²) in [5.74, 6) is 0. The van der Waals surface area contributed by atoms with Gasteiger partial charge in [-0.1, -0.05) is 170 Å². The van der Waals surface area contributed by atoms with Gasteiger partial charge in [0.1, 0.15) is 0 Å². The van der Waals surface area contributed by atoms with Crippen LogP contribution in [-0.4, -0.2) is 4.57 Å². The SMILES string of the molecule is c1ccc(-c2ccc(-c3c(N(c4ccccc4)c4ccccc4-n4c5ccccc5c5ccccc54)c4ccccc4c4ccccc34)cc2)cc1. The fourth-order valence-electron chi connectivity index (χ4n) is 8.10. The van der Waals surface area contributed by atoms with Crippen molar-refractivity contribution >= 4 is 60.4 Å². The van der Waals surface area contributed by atoms with Crippen molar-refractivity contribution in [1.82, 2.24) is 4.57 Å². The molecule has 0 radical (unpaired) electrons. The van der Waals surface area contributed by atoms with Crippen LogP contribution in [0.2, 0.25) is 0 Å². The van der Waals surface area contributed by atoms with Crippen molar-refractivity contribution in [1.29, 1.82) is 0 Å². The number of fused-ring (bicyclic) bond motifs is 6. The number of anilines is 3. The summed E-state index contributed by atoms with van der Waals surface area (Å²) in [5.41, 5.74) is 11.6. The van der Waals surface area contributed by atoms with Gasteiger partial charge in [-0.15, -0.1) is 0 Å². The lowest BCUT2D eigenvalue weighted by molar-refractivity contribution is 1.15. The molecule has 0 N–H and O–H groups in total. The standard InChI is InChI=1S/C50H34N2/c1-3-17-35(18-4-1)36-31-33-37(34-32-36)49-43-25-9-7-21-39(43)40-22-8-10-26-44(40)50(49)51(38-19-5-2-6-20-38)47-29-15-16-30-48(47)52-45-27-13-11-23-41(45)42-24-12-14-28-46(42)52/h1-34H. The molecule has 0 atom stereocenters. The Balaban J connectivity index is 1.33. The van der Waals surface area contributed by atoms with E-state index in [9.17, 15) is 0 Å². The summed E-state index contributed by atoms with van der Waals surface area (Å²) in [6.07, 6.45) is 0. The van der Waals surface area contributed by atoms with Gasteiger partial charge < -0.3 is 9.47 Å². The van der Waals surface area contributed by atoms with Crippen LogP contribution in [0.15, 0.2) is 206 Å². The Morgan fingerprint density at radius 2 is 0.750 bits per heavy atom. The molecule has 0 aliphatic carbocycles. The van der Waals surface area contributed by atoms with E-state index in [1.54, 1.807) is 0 Å². The van der Waals surface area contributed by atoms with Gasteiger partial charge in [-0.05, 0) is 69.2 Å². The molecule has 10 aromatic rings. The number of nitrogens with zero attached hydrogens (tertiary/aromatic N) is 2. The Labute approximate surface area is 303 Å². The molecule has 10 rings (SSSR count). The lowest BCUT2D eigenvalue weighted by Gasteiger charge is -2.32. The summed E-state index contributed by atoms with van der Waals surface area (Å²) in [6.45, 7) is 0. The van der Waals surface area contributed by atoms with Crippen LogP contribution >= 0.6 is 0 Å². The largest absolute Gasteiger partial charge is 0.307 e. The zero-order valence-electron chi connectivity index (χ0n) is 28.5. The second-order valence-electron chi connectivity index (χ2n) is 13.3. The summed E-state index contributed by atoms with van der Waals surface area (Å²) in [7, 11) is 0. The lowest BCUT2D eigenvalue weighted by Crippen LogP contribution is -2.15. The molecule has 0 aliphatic heterocycles. The van der Waals surface area contributed by atoms with Gasteiger partial charge in [0.2, 0.25) is 0 Å². The topological polar surface area (TPSA) is 8.17 Å². The van der Waals surface area contributed by atoms with E-state index < -0.39 is 0 Å². The minimum absolute atomic E-state index is 1.10. The highest BCUT2D eigenvalue weighted by atomic mass is 15.2. The molecule has 0 saturated carbocycles. The fourth-order valence-corrected chi connectivity index (χ4v) is 8.10. The Morgan fingerprint density at radius 1 is 0.308 bits per heavy atom. The highest BCUT2D eigenvalue weighted by molar-refractivity contribution is 6.23. The molecule has 0 bridgehead atoms. The molecule has 0 fully saturated rings. The highest BCUT2D eigenvalue weighted by Crippen LogP contribution is 2.51. The van der Waals surface area contributed by atoms with E-state index in [4.69, 9.17) is 0 Å². The zero-order chi connectivity index (χ0) is 34.4. The summed E-state index contributed by atoms with van der Waals surface area (Å²) in [6, 6.07) is 74.7. The maximum atomic E-state index is 2.49.